The first-order valence-corrected chi connectivity index (χ1v) is 51.4. The number of ether oxygens (including phenoxy) is 6. The summed E-state index contributed by atoms with van der Waals surface area (Å²) in [7, 11) is 8.87. The van der Waals surface area contributed by atoms with E-state index in [4.69, 9.17) is 71.3 Å². The van der Waals surface area contributed by atoms with Gasteiger partial charge < -0.3 is 51.4 Å². The summed E-state index contributed by atoms with van der Waals surface area (Å²) in [5.41, 5.74) is 36.8. The van der Waals surface area contributed by atoms with E-state index in [1.165, 1.54) is 141 Å². The van der Waals surface area contributed by atoms with Crippen molar-refractivity contribution in [3.63, 3.8) is 0 Å². The van der Waals surface area contributed by atoms with Crippen molar-refractivity contribution in [2.45, 2.75) is 356 Å². The molecule has 6 atom stereocenters. The first-order chi connectivity index (χ1) is 63.0. The number of carbonyl (C=O) groups is 4. The summed E-state index contributed by atoms with van der Waals surface area (Å²) in [5.74, 6) is 6.60. The molecule has 10 fully saturated rings. The van der Waals surface area contributed by atoms with Crippen LogP contribution in [0.3, 0.4) is 0 Å². The van der Waals surface area contributed by atoms with Crippen LogP contribution in [-0.4, -0.2) is 172 Å². The lowest BCUT2D eigenvalue weighted by atomic mass is 9.61. The molecule has 5 unspecified atom stereocenters. The molecule has 9 saturated carbocycles. The maximum atomic E-state index is 14.4. The van der Waals surface area contributed by atoms with Gasteiger partial charge in [0.2, 0.25) is 0 Å². The molecule has 5 aliphatic heterocycles. The van der Waals surface area contributed by atoms with Crippen molar-refractivity contribution in [2.75, 3.05) is 68.4 Å². The van der Waals surface area contributed by atoms with Gasteiger partial charge in [0.25, 0.3) is 23.6 Å². The molecule has 0 bridgehead atoms. The van der Waals surface area contributed by atoms with Gasteiger partial charge in [-0.3, -0.25) is 38.8 Å². The highest BCUT2D eigenvalue weighted by Crippen LogP contribution is 2.68. The van der Waals surface area contributed by atoms with Gasteiger partial charge in [0.1, 0.15) is 0 Å². The molecule has 0 aromatic heterocycles. The Balaban J connectivity index is 0.000000112. The molecule has 8 spiro atoms. The molecule has 130 heavy (non-hydrogen) atoms. The molecule has 22 nitrogen and oxygen atoms in total. The van der Waals surface area contributed by atoms with E-state index in [1.807, 2.05) is 30.9 Å². The lowest BCUT2D eigenvalue weighted by molar-refractivity contribution is -0.140. The molecule has 8 N–H and O–H groups in total. The van der Waals surface area contributed by atoms with Crippen molar-refractivity contribution >= 4 is 47.5 Å². The number of nitrogens with zero attached hydrogens (tertiary/aromatic N) is 8. The number of nitrogens with two attached hydrogens (primary N) is 4. The summed E-state index contributed by atoms with van der Waals surface area (Å²) in [6, 6.07) is 27.4. The minimum absolute atomic E-state index is 0.0357. The van der Waals surface area contributed by atoms with E-state index in [-0.39, 0.29) is 75.7 Å². The predicted octanol–water partition coefficient (Wildman–Crippen LogP) is 16.5. The van der Waals surface area contributed by atoms with Gasteiger partial charge in [0.05, 0.1) is 49.7 Å². The quantitative estimate of drug-likeness (QED) is 0.0432. The standard InChI is InChI=1S/C28H41N3O2.C27H37N3O3.C27H37N3O2.C26H37N3O3/c1-4-19(5-2)18-31-25(32)28(30-26(31)29)24-16-21(9-8-20-6-7-20)10-11-22(24)17-27(28)14-12-23(33-3)13-15-27;1-32-21-10-12-26(13-11-21)16-20-9-8-19(7-6-18-4-5-18)15-23(20)27(26)24(31)30(25(28)29-27)17-22-3-2-14-33-22;1-32-22-11-13-26(14-12-22)16-21-10-9-19(8-7-18-5-6-18)15-23(21)27(26)24(31)30(25(28)29-27)17-20-3-2-4-20;1-17(16-31-2)29-23(30)26(28-24(29)27)22-14-19(7-6-18-4-5-18)8-9-20(22)15-25(26)12-10-21(32-3)11-13-25/h10-11,16,19-20,23H,4-9,12-15,17-18H2,1-3H3,(H2,29,30);8-9,15,18,21-22H,2-7,10-14,16-17H2,1H3,(H2,28,29);9-10,15,18,20,22H,2-8,11-14,16-17H2,1H3,(H2,28,29);8-9,14,17-18,21H,4-7,10-13,15-16H2,1-3H3,(H2,27,28)/t;;;17?,21?,25?,26-/m...1/s1. The number of hydrogen-bond donors (Lipinski definition) is 4. The summed E-state index contributed by atoms with van der Waals surface area (Å²) >= 11 is 0. The topological polar surface area (TPSA) is 290 Å². The van der Waals surface area contributed by atoms with Crippen LogP contribution in [0.4, 0.5) is 0 Å². The van der Waals surface area contributed by atoms with Gasteiger partial charge in [0, 0.05) is 76.9 Å². The van der Waals surface area contributed by atoms with Gasteiger partial charge in [-0.2, -0.15) is 0 Å². The van der Waals surface area contributed by atoms with E-state index in [2.05, 4.69) is 86.6 Å². The molecule has 4 aromatic carbocycles. The molecule has 22 heteroatoms. The molecule has 22 rings (SSSR count). The fraction of sp³-hybridized carbons (Fsp3) is 0.704. The summed E-state index contributed by atoms with van der Waals surface area (Å²) in [6.45, 7) is 9.52. The van der Waals surface area contributed by atoms with Crippen LogP contribution in [0.2, 0.25) is 0 Å². The van der Waals surface area contributed by atoms with Crippen LogP contribution in [-0.2, 0) is 121 Å². The Morgan fingerprint density at radius 2 is 0.700 bits per heavy atom. The zero-order valence-corrected chi connectivity index (χ0v) is 79.8. The highest BCUT2D eigenvalue weighted by molar-refractivity contribution is 6.11. The maximum absolute atomic E-state index is 14.4. The third-order valence-corrected chi connectivity index (χ3v) is 36.4. The smallest absolute Gasteiger partial charge is 0.262 e. The maximum Gasteiger partial charge on any atom is 0.262 e. The number of rotatable bonds is 27. The number of amides is 4. The molecule has 5 heterocycles. The summed E-state index contributed by atoms with van der Waals surface area (Å²) in [5, 5.41) is 0. The van der Waals surface area contributed by atoms with Crippen molar-refractivity contribution in [3.05, 3.63) is 140 Å². The van der Waals surface area contributed by atoms with Crippen LogP contribution in [0.1, 0.15) is 312 Å². The Labute approximate surface area is 773 Å². The average Bonchev–Trinajstić information content (AvgIpc) is 1.54. The van der Waals surface area contributed by atoms with Gasteiger partial charge in [-0.15, -0.1) is 0 Å². The summed E-state index contributed by atoms with van der Waals surface area (Å²) in [6.07, 6.45) is 48.3. The zero-order valence-electron chi connectivity index (χ0n) is 79.8. The highest BCUT2D eigenvalue weighted by atomic mass is 16.5. The van der Waals surface area contributed by atoms with Crippen LogP contribution >= 0.6 is 0 Å². The number of guanidine groups is 4. The minimum atomic E-state index is -0.914. The van der Waals surface area contributed by atoms with Crippen LogP contribution in [0, 0.1) is 57.2 Å². The number of aliphatic imine (C=N–C) groups is 4. The SMILES string of the molecule is CCC(CC)CN1C(=O)C2(N=C1N)c1cc(CCC3CC3)ccc1CC21CCC(OC)CC1.COC1CCC2(CC1)Cc1ccc(CCC3CC3)cc1C21N=C(N)N(CC2CCC2)C1=O.COC1CCC2(CC1)Cc1ccc(CCC3CC3)cc1C21N=C(N)N(CC2CCCO2)C1=O.COCC(C)N1C(=O)[C@]2(N=C1N)c1cc(CCC3CC3)ccc1CC21CCC(OC)CC1. The summed E-state index contributed by atoms with van der Waals surface area (Å²) in [4.78, 5) is 84.9. The first-order valence-electron chi connectivity index (χ1n) is 51.4. The van der Waals surface area contributed by atoms with Crippen molar-refractivity contribution < 1.29 is 47.6 Å². The van der Waals surface area contributed by atoms with E-state index < -0.39 is 22.2 Å². The fourth-order valence-corrected chi connectivity index (χ4v) is 27.3. The van der Waals surface area contributed by atoms with Crippen molar-refractivity contribution in [3.8, 4) is 0 Å². The largest absolute Gasteiger partial charge is 0.383 e. The molecular formula is C108H152N12O10. The number of hydrogen-bond acceptors (Lipinski definition) is 18. The van der Waals surface area contributed by atoms with Crippen LogP contribution in [0.25, 0.3) is 0 Å². The molecular weight excluding hydrogens is 1630 g/mol. The van der Waals surface area contributed by atoms with Crippen molar-refractivity contribution in [2.24, 2.45) is 100 Å². The third kappa shape index (κ3) is 16.3. The van der Waals surface area contributed by atoms with E-state index >= 15 is 0 Å². The van der Waals surface area contributed by atoms with E-state index in [1.54, 1.807) is 31.1 Å². The lowest BCUT2D eigenvalue weighted by Gasteiger charge is -2.45. The number of benzene rings is 4. The molecule has 0 radical (unpaired) electrons. The second-order valence-corrected chi connectivity index (χ2v) is 44.0. The molecule has 1 saturated heterocycles. The van der Waals surface area contributed by atoms with Gasteiger partial charge in [-0.25, -0.2) is 20.0 Å². The number of fused-ring (bicyclic) bond motifs is 12. The van der Waals surface area contributed by atoms with Gasteiger partial charge >= 0.3 is 0 Å². The van der Waals surface area contributed by atoms with Crippen LogP contribution < -0.4 is 22.9 Å². The van der Waals surface area contributed by atoms with Crippen molar-refractivity contribution in [1.82, 2.24) is 19.6 Å². The van der Waals surface area contributed by atoms with E-state index in [0.29, 0.717) is 61.5 Å². The Morgan fingerprint density at radius 1 is 0.385 bits per heavy atom. The average molecular weight is 1780 g/mol. The Morgan fingerprint density at radius 3 is 0.992 bits per heavy atom. The van der Waals surface area contributed by atoms with Crippen LogP contribution in [0.5, 0.6) is 0 Å². The van der Waals surface area contributed by atoms with E-state index in [9.17, 15) is 19.2 Å². The number of carbonyl (C=O) groups excluding carboxylic acids is 4. The van der Waals surface area contributed by atoms with Gasteiger partial charge in [-0.05, 0) is 315 Å². The molecule has 4 amide bonds. The normalized spacial score (nSPS) is 33.4. The number of methoxy groups -OCH3 is 5. The minimum Gasteiger partial charge on any atom is -0.383 e. The second-order valence-electron chi connectivity index (χ2n) is 44.0. The Bertz CT molecular complexity index is 4820. The van der Waals surface area contributed by atoms with Gasteiger partial charge in [0.15, 0.2) is 46.0 Å². The molecule has 18 aliphatic rings. The highest BCUT2D eigenvalue weighted by Gasteiger charge is 2.72. The van der Waals surface area contributed by atoms with Crippen LogP contribution in [0.15, 0.2) is 92.8 Å². The monoisotopic (exact) mass is 1780 g/mol. The first kappa shape index (κ1) is 91.5. The second kappa shape index (κ2) is 36.9. The van der Waals surface area contributed by atoms with Crippen molar-refractivity contribution in [1.29, 1.82) is 0 Å². The summed E-state index contributed by atoms with van der Waals surface area (Å²) < 4.78 is 34.0. The fourth-order valence-electron chi connectivity index (χ4n) is 27.3. The Hall–Kier alpha value is -7.60. The molecule has 13 aliphatic carbocycles. The Kier molecular flexibility index (Phi) is 26.0. The van der Waals surface area contributed by atoms with Gasteiger partial charge in [-0.1, -0.05) is 157 Å². The zero-order chi connectivity index (χ0) is 90.3. The third-order valence-electron chi connectivity index (χ3n) is 36.4. The molecule has 4 aromatic rings. The van der Waals surface area contributed by atoms with E-state index in [0.717, 1.165) is 239 Å². The number of aryl methyl sites for hydroxylation is 4. The molecule has 704 valence electrons. The lowest BCUT2D eigenvalue weighted by Crippen LogP contribution is -2.54. The predicted molar refractivity (Wildman–Crippen MR) is 508 cm³/mol.